The lowest BCUT2D eigenvalue weighted by molar-refractivity contribution is -0.141. The summed E-state index contributed by atoms with van der Waals surface area (Å²) in [6.07, 6.45) is -0.0508. The van der Waals surface area contributed by atoms with Gasteiger partial charge in [-0.05, 0) is 37.1 Å². The first-order valence-corrected chi connectivity index (χ1v) is 7.83. The summed E-state index contributed by atoms with van der Waals surface area (Å²) in [5.74, 6) is -2.04. The van der Waals surface area contributed by atoms with Gasteiger partial charge in [0.1, 0.15) is 0 Å². The second-order valence-corrected chi connectivity index (χ2v) is 6.72. The maximum atomic E-state index is 12.0. The number of primary sulfonamides is 1. The molecule has 7 nitrogen and oxygen atoms in total. The monoisotopic (exact) mass is 312 g/mol. The van der Waals surface area contributed by atoms with Crippen LogP contribution in [-0.4, -0.2) is 31.9 Å². The summed E-state index contributed by atoms with van der Waals surface area (Å²) in [6.45, 7) is 3.33. The van der Waals surface area contributed by atoms with Crippen molar-refractivity contribution in [1.29, 1.82) is 0 Å². The van der Waals surface area contributed by atoms with Gasteiger partial charge in [-0.1, -0.05) is 0 Å². The Morgan fingerprint density at radius 3 is 2.43 bits per heavy atom. The quantitative estimate of drug-likeness (QED) is 0.837. The van der Waals surface area contributed by atoms with Gasteiger partial charge in [-0.25, -0.2) is 13.6 Å². The Kier molecular flexibility index (Phi) is 3.77. The number of hydrogen-bond donors (Lipinski definition) is 2. The smallest absolute Gasteiger partial charge is 0.308 e. The molecule has 3 N–H and O–H groups in total. The number of benzene rings is 1. The second kappa shape index (κ2) is 5.12. The zero-order valence-electron chi connectivity index (χ0n) is 11.7. The number of nitrogens with zero attached hydrogens (tertiary/aromatic N) is 1. The van der Waals surface area contributed by atoms with Crippen molar-refractivity contribution < 1.29 is 23.1 Å². The number of carboxylic acid groups (broad SMARTS) is 1. The van der Waals surface area contributed by atoms with E-state index in [4.69, 9.17) is 10.2 Å². The molecule has 1 saturated heterocycles. The van der Waals surface area contributed by atoms with Crippen molar-refractivity contribution in [1.82, 2.24) is 0 Å². The lowest BCUT2D eigenvalue weighted by atomic mass is 10.1. The fourth-order valence-corrected chi connectivity index (χ4v) is 3.33. The Labute approximate surface area is 122 Å². The molecule has 0 radical (unpaired) electrons. The van der Waals surface area contributed by atoms with Gasteiger partial charge in [0.15, 0.2) is 0 Å². The van der Waals surface area contributed by atoms with Gasteiger partial charge in [0.2, 0.25) is 15.9 Å². The summed E-state index contributed by atoms with van der Waals surface area (Å²) in [7, 11) is -3.83. The highest BCUT2D eigenvalue weighted by molar-refractivity contribution is 7.89. The summed E-state index contributed by atoms with van der Waals surface area (Å²) in [5, 5.41) is 14.1. The molecule has 1 aliphatic rings. The van der Waals surface area contributed by atoms with Crippen LogP contribution < -0.4 is 10.0 Å². The van der Waals surface area contributed by atoms with Gasteiger partial charge in [0, 0.05) is 18.7 Å². The molecule has 2 rings (SSSR count). The van der Waals surface area contributed by atoms with Crippen molar-refractivity contribution >= 4 is 27.6 Å². The number of aliphatic carboxylic acids is 1. The molecule has 1 fully saturated rings. The van der Waals surface area contributed by atoms with E-state index < -0.39 is 21.9 Å². The molecule has 1 heterocycles. The third-order valence-electron chi connectivity index (χ3n) is 3.57. The lowest BCUT2D eigenvalue weighted by Gasteiger charge is -2.20. The van der Waals surface area contributed by atoms with Crippen LogP contribution in [0.15, 0.2) is 17.0 Å². The van der Waals surface area contributed by atoms with Crippen LogP contribution in [-0.2, 0) is 19.6 Å². The molecule has 0 spiro atoms. The van der Waals surface area contributed by atoms with Crippen LogP contribution in [0.3, 0.4) is 0 Å². The third-order valence-corrected chi connectivity index (χ3v) is 4.62. The number of aryl methyl sites for hydroxylation is 2. The zero-order chi connectivity index (χ0) is 15.9. The van der Waals surface area contributed by atoms with Gasteiger partial charge in [-0.2, -0.15) is 0 Å². The number of amides is 1. The summed E-state index contributed by atoms with van der Waals surface area (Å²) >= 11 is 0. The Balaban J connectivity index is 2.45. The van der Waals surface area contributed by atoms with E-state index in [1.54, 1.807) is 19.9 Å². The summed E-state index contributed by atoms with van der Waals surface area (Å²) in [5.41, 5.74) is 1.50. The fourth-order valence-electron chi connectivity index (χ4n) is 2.48. The molecular formula is C13H16N2O5S. The summed E-state index contributed by atoms with van der Waals surface area (Å²) in [6, 6.07) is 2.96. The van der Waals surface area contributed by atoms with Crippen molar-refractivity contribution in [2.75, 3.05) is 11.4 Å². The standard InChI is InChI=1S/C13H16N2O5S/c1-7-4-11(21(14,19)20)8(2)3-10(7)15-6-9(13(17)18)5-12(15)16/h3-4,9H,5-6H2,1-2H3,(H,17,18)(H2,14,19,20). The number of carboxylic acids is 1. The lowest BCUT2D eigenvalue weighted by Crippen LogP contribution is -2.27. The number of hydrogen-bond acceptors (Lipinski definition) is 4. The predicted molar refractivity (Wildman–Crippen MR) is 75.4 cm³/mol. The number of nitrogens with two attached hydrogens (primary N) is 1. The topological polar surface area (TPSA) is 118 Å². The summed E-state index contributed by atoms with van der Waals surface area (Å²) < 4.78 is 22.9. The molecule has 1 aliphatic heterocycles. The molecule has 1 atom stereocenters. The van der Waals surface area contributed by atoms with E-state index in [1.165, 1.54) is 11.0 Å². The number of rotatable bonds is 3. The molecular weight excluding hydrogens is 296 g/mol. The van der Waals surface area contributed by atoms with E-state index in [0.717, 1.165) is 0 Å². The Hall–Kier alpha value is -1.93. The third kappa shape index (κ3) is 2.91. The maximum absolute atomic E-state index is 12.0. The molecule has 1 aromatic rings. The normalized spacial score (nSPS) is 19.1. The Bertz CT molecular complexity index is 726. The van der Waals surface area contributed by atoms with E-state index in [-0.39, 0.29) is 23.8 Å². The molecule has 21 heavy (non-hydrogen) atoms. The highest BCUT2D eigenvalue weighted by atomic mass is 32.2. The van der Waals surface area contributed by atoms with Crippen LogP contribution >= 0.6 is 0 Å². The van der Waals surface area contributed by atoms with Gasteiger partial charge >= 0.3 is 5.97 Å². The molecule has 1 amide bonds. The molecule has 1 aromatic carbocycles. The van der Waals surface area contributed by atoms with E-state index in [1.807, 2.05) is 0 Å². The van der Waals surface area contributed by atoms with Crippen LogP contribution in [0.5, 0.6) is 0 Å². The van der Waals surface area contributed by atoms with Gasteiger partial charge in [-0.15, -0.1) is 0 Å². The summed E-state index contributed by atoms with van der Waals surface area (Å²) in [4.78, 5) is 24.3. The van der Waals surface area contributed by atoms with Crippen LogP contribution in [0, 0.1) is 19.8 Å². The highest BCUT2D eigenvalue weighted by Crippen LogP contribution is 2.31. The first-order valence-electron chi connectivity index (χ1n) is 6.28. The minimum Gasteiger partial charge on any atom is -0.481 e. The number of carbonyl (C=O) groups is 2. The van der Waals surface area contributed by atoms with Crippen molar-refractivity contribution in [3.05, 3.63) is 23.3 Å². The number of sulfonamides is 1. The van der Waals surface area contributed by atoms with Crippen molar-refractivity contribution in [3.63, 3.8) is 0 Å². The van der Waals surface area contributed by atoms with Crippen LogP contribution in [0.4, 0.5) is 5.69 Å². The van der Waals surface area contributed by atoms with Crippen LogP contribution in [0.1, 0.15) is 17.5 Å². The molecule has 1 unspecified atom stereocenters. The van der Waals surface area contributed by atoms with Crippen LogP contribution in [0.2, 0.25) is 0 Å². The highest BCUT2D eigenvalue weighted by Gasteiger charge is 2.36. The number of carbonyl (C=O) groups excluding carboxylic acids is 1. The van der Waals surface area contributed by atoms with Crippen molar-refractivity contribution in [3.8, 4) is 0 Å². The second-order valence-electron chi connectivity index (χ2n) is 5.19. The molecule has 0 saturated carbocycles. The van der Waals surface area contributed by atoms with E-state index in [9.17, 15) is 18.0 Å². The first kappa shape index (κ1) is 15.5. The van der Waals surface area contributed by atoms with Gasteiger partial charge in [-0.3, -0.25) is 9.59 Å². The van der Waals surface area contributed by atoms with Gasteiger partial charge in [0.25, 0.3) is 0 Å². The maximum Gasteiger partial charge on any atom is 0.308 e. The van der Waals surface area contributed by atoms with Crippen molar-refractivity contribution in [2.45, 2.75) is 25.2 Å². The van der Waals surface area contributed by atoms with Gasteiger partial charge < -0.3 is 10.0 Å². The largest absolute Gasteiger partial charge is 0.481 e. The zero-order valence-corrected chi connectivity index (χ0v) is 12.5. The predicted octanol–water partition coefficient (Wildman–Crippen LogP) is 0.388. The van der Waals surface area contributed by atoms with E-state index >= 15 is 0 Å². The van der Waals surface area contributed by atoms with Crippen LogP contribution in [0.25, 0.3) is 0 Å². The van der Waals surface area contributed by atoms with E-state index in [0.29, 0.717) is 16.8 Å². The fraction of sp³-hybridized carbons (Fsp3) is 0.385. The Morgan fingerprint density at radius 2 is 1.95 bits per heavy atom. The average molecular weight is 312 g/mol. The number of anilines is 1. The van der Waals surface area contributed by atoms with Gasteiger partial charge in [0.05, 0.1) is 10.8 Å². The van der Waals surface area contributed by atoms with Crippen molar-refractivity contribution in [2.24, 2.45) is 11.1 Å². The molecule has 0 aliphatic carbocycles. The molecule has 0 bridgehead atoms. The van der Waals surface area contributed by atoms with E-state index in [2.05, 4.69) is 0 Å². The Morgan fingerprint density at radius 1 is 1.33 bits per heavy atom. The SMILES string of the molecule is Cc1cc(S(N)(=O)=O)c(C)cc1N1CC(C(=O)O)CC1=O. The molecule has 0 aromatic heterocycles. The molecule has 114 valence electrons. The minimum atomic E-state index is -3.83. The first-order chi connectivity index (χ1) is 9.61. The average Bonchev–Trinajstić information content (AvgIpc) is 2.72. The molecule has 8 heteroatoms. The minimum absolute atomic E-state index is 0.00480.